The third-order valence-electron chi connectivity index (χ3n) is 4.22. The van der Waals surface area contributed by atoms with E-state index < -0.39 is 42.4 Å². The first-order valence-electron chi connectivity index (χ1n) is 7.89. The normalized spacial score (nSPS) is 19.0. The lowest BCUT2D eigenvalue weighted by Gasteiger charge is -2.12. The molecule has 1 aliphatic rings. The smallest absolute Gasteiger partial charge is 0.257 e. The lowest BCUT2D eigenvalue weighted by molar-refractivity contribution is 0.102. The van der Waals surface area contributed by atoms with Gasteiger partial charge in [-0.15, -0.1) is 0 Å². The van der Waals surface area contributed by atoms with Gasteiger partial charge in [0.1, 0.15) is 5.82 Å². The Labute approximate surface area is 161 Å². The van der Waals surface area contributed by atoms with E-state index >= 15 is 0 Å². The van der Waals surface area contributed by atoms with Crippen molar-refractivity contribution in [3.63, 3.8) is 0 Å². The molecule has 1 aliphatic heterocycles. The highest BCUT2D eigenvalue weighted by Crippen LogP contribution is 2.28. The van der Waals surface area contributed by atoms with Gasteiger partial charge in [-0.1, -0.05) is 17.7 Å². The Balaban J connectivity index is 1.91. The van der Waals surface area contributed by atoms with Crippen LogP contribution in [0.1, 0.15) is 16.8 Å². The van der Waals surface area contributed by atoms with Crippen LogP contribution in [0.15, 0.2) is 47.4 Å². The molecule has 144 valence electrons. The standard InChI is InChI=1S/C17H15ClFNO5S2/c18-16-5-4-13(27(24,25)14-6-7-26(22,23)10-14)9-15(16)17(21)20-12-3-1-2-11(19)8-12/h1-5,8-9,14H,6-7,10H2,(H,20,21). The highest BCUT2D eigenvalue weighted by atomic mass is 35.5. The summed E-state index contributed by atoms with van der Waals surface area (Å²) in [5.41, 5.74) is 0.0778. The average molecular weight is 432 g/mol. The first-order chi connectivity index (χ1) is 12.6. The second-order valence-electron chi connectivity index (χ2n) is 6.18. The lowest BCUT2D eigenvalue weighted by atomic mass is 10.2. The number of hydrogen-bond acceptors (Lipinski definition) is 5. The Bertz CT molecular complexity index is 1120. The summed E-state index contributed by atoms with van der Waals surface area (Å²) in [4.78, 5) is 12.3. The lowest BCUT2D eigenvalue weighted by Crippen LogP contribution is -2.23. The van der Waals surface area contributed by atoms with Crippen LogP contribution in [0.3, 0.4) is 0 Å². The first kappa shape index (κ1) is 19.8. The van der Waals surface area contributed by atoms with Crippen molar-refractivity contribution in [1.29, 1.82) is 0 Å². The van der Waals surface area contributed by atoms with E-state index in [0.29, 0.717) is 0 Å². The molecule has 0 spiro atoms. The number of sulfone groups is 2. The molecule has 10 heteroatoms. The highest BCUT2D eigenvalue weighted by Gasteiger charge is 2.38. The van der Waals surface area contributed by atoms with Crippen molar-refractivity contribution >= 4 is 42.9 Å². The Kier molecular flexibility index (Phi) is 5.29. The summed E-state index contributed by atoms with van der Waals surface area (Å²) < 4.78 is 61.9. The average Bonchev–Trinajstić information content (AvgIpc) is 2.95. The van der Waals surface area contributed by atoms with Crippen LogP contribution >= 0.6 is 11.6 Å². The summed E-state index contributed by atoms with van der Waals surface area (Å²) in [5.74, 6) is -1.88. The molecule has 1 atom stereocenters. The number of amides is 1. The molecule has 0 saturated carbocycles. The zero-order chi connectivity index (χ0) is 19.8. The summed E-state index contributed by atoms with van der Waals surface area (Å²) >= 11 is 6.02. The number of nitrogens with one attached hydrogen (secondary N) is 1. The number of carbonyl (C=O) groups excluding carboxylic acids is 1. The third kappa shape index (κ3) is 4.31. The zero-order valence-electron chi connectivity index (χ0n) is 13.9. The molecule has 1 amide bonds. The van der Waals surface area contributed by atoms with Crippen LogP contribution in [0.5, 0.6) is 0 Å². The molecule has 3 rings (SSSR count). The molecule has 0 aromatic heterocycles. The van der Waals surface area contributed by atoms with Crippen molar-refractivity contribution in [3.05, 3.63) is 58.9 Å². The highest BCUT2D eigenvalue weighted by molar-refractivity contribution is 7.96. The van der Waals surface area contributed by atoms with E-state index in [4.69, 9.17) is 11.6 Å². The van der Waals surface area contributed by atoms with Crippen LogP contribution in [0.2, 0.25) is 5.02 Å². The van der Waals surface area contributed by atoms with E-state index in [1.165, 1.54) is 30.3 Å². The third-order valence-corrected chi connectivity index (χ3v) is 8.72. The Morgan fingerprint density at radius 2 is 1.93 bits per heavy atom. The molecule has 2 aromatic rings. The van der Waals surface area contributed by atoms with Gasteiger partial charge in [0, 0.05) is 5.69 Å². The molecule has 1 unspecified atom stereocenters. The Morgan fingerprint density at radius 1 is 1.19 bits per heavy atom. The van der Waals surface area contributed by atoms with Crippen LogP contribution in [0.4, 0.5) is 10.1 Å². The first-order valence-corrected chi connectivity index (χ1v) is 11.6. The Morgan fingerprint density at radius 3 is 2.56 bits per heavy atom. The van der Waals surface area contributed by atoms with Crippen molar-refractivity contribution in [3.8, 4) is 0 Å². The van der Waals surface area contributed by atoms with Crippen molar-refractivity contribution in [1.82, 2.24) is 0 Å². The number of anilines is 1. The van der Waals surface area contributed by atoms with Gasteiger partial charge < -0.3 is 5.32 Å². The summed E-state index contributed by atoms with van der Waals surface area (Å²) in [7, 11) is -7.33. The maximum atomic E-state index is 13.2. The maximum Gasteiger partial charge on any atom is 0.257 e. The van der Waals surface area contributed by atoms with Crippen LogP contribution < -0.4 is 5.32 Å². The van der Waals surface area contributed by atoms with E-state index in [1.54, 1.807) is 0 Å². The van der Waals surface area contributed by atoms with E-state index in [2.05, 4.69) is 5.32 Å². The predicted octanol–water partition coefficient (Wildman–Crippen LogP) is 2.69. The van der Waals surface area contributed by atoms with Gasteiger partial charge in [-0.3, -0.25) is 4.79 Å². The molecule has 1 heterocycles. The molecular weight excluding hydrogens is 417 g/mol. The minimum atomic E-state index is -3.94. The van der Waals surface area contributed by atoms with Crippen LogP contribution in [-0.2, 0) is 19.7 Å². The fourth-order valence-corrected chi connectivity index (χ4v) is 7.41. The van der Waals surface area contributed by atoms with E-state index in [9.17, 15) is 26.0 Å². The molecule has 2 aromatic carbocycles. The van der Waals surface area contributed by atoms with Crippen LogP contribution in [0.25, 0.3) is 0 Å². The minimum absolute atomic E-state index is 0.0120. The SMILES string of the molecule is O=C(Nc1cccc(F)c1)c1cc(S(=O)(=O)C2CCS(=O)(=O)C2)ccc1Cl. The van der Waals surface area contributed by atoms with Gasteiger partial charge in [0.05, 0.1) is 32.2 Å². The van der Waals surface area contributed by atoms with Gasteiger partial charge in [-0.05, 0) is 42.8 Å². The number of hydrogen-bond donors (Lipinski definition) is 1. The molecule has 1 N–H and O–H groups in total. The van der Waals surface area contributed by atoms with Crippen LogP contribution in [-0.4, -0.2) is 39.5 Å². The van der Waals surface area contributed by atoms with Gasteiger partial charge >= 0.3 is 0 Å². The topological polar surface area (TPSA) is 97.4 Å². The molecule has 1 fully saturated rings. The zero-order valence-corrected chi connectivity index (χ0v) is 16.2. The summed E-state index contributed by atoms with van der Waals surface area (Å²) in [6.45, 7) is 0. The van der Waals surface area contributed by atoms with Gasteiger partial charge in [-0.2, -0.15) is 0 Å². The van der Waals surface area contributed by atoms with Crippen molar-refractivity contribution in [2.75, 3.05) is 16.8 Å². The van der Waals surface area contributed by atoms with Crippen molar-refractivity contribution in [2.24, 2.45) is 0 Å². The molecule has 6 nitrogen and oxygen atoms in total. The molecule has 1 saturated heterocycles. The summed E-state index contributed by atoms with van der Waals surface area (Å²) in [6.07, 6.45) is 0.0120. The Hall–Kier alpha value is -1.97. The van der Waals surface area contributed by atoms with Crippen LogP contribution in [0, 0.1) is 5.82 Å². The number of halogens is 2. The predicted molar refractivity (Wildman–Crippen MR) is 100 cm³/mol. The van der Waals surface area contributed by atoms with Crippen molar-refractivity contribution in [2.45, 2.75) is 16.6 Å². The number of carbonyl (C=O) groups is 1. The molecule has 0 aliphatic carbocycles. The molecular formula is C17H15ClFNO5S2. The number of rotatable bonds is 4. The van der Waals surface area contributed by atoms with Crippen molar-refractivity contribution < 1.29 is 26.0 Å². The second-order valence-corrected chi connectivity index (χ2v) is 11.0. The van der Waals surface area contributed by atoms with E-state index in [1.807, 2.05) is 0 Å². The second kappa shape index (κ2) is 7.21. The van der Waals surface area contributed by atoms with Gasteiger partial charge in [0.15, 0.2) is 19.7 Å². The monoisotopic (exact) mass is 431 g/mol. The summed E-state index contributed by atoms with van der Waals surface area (Å²) in [5, 5.41) is 1.41. The van der Waals surface area contributed by atoms with Gasteiger partial charge in [0.2, 0.25) is 0 Å². The maximum absolute atomic E-state index is 13.2. The van der Waals surface area contributed by atoms with E-state index in [0.717, 1.165) is 12.1 Å². The summed E-state index contributed by atoms with van der Waals surface area (Å²) in [6, 6.07) is 8.81. The quantitative estimate of drug-likeness (QED) is 0.802. The van der Waals surface area contributed by atoms with Gasteiger partial charge in [0.25, 0.3) is 5.91 Å². The molecule has 0 radical (unpaired) electrons. The fraction of sp³-hybridized carbons (Fsp3) is 0.235. The largest absolute Gasteiger partial charge is 0.322 e. The molecule has 27 heavy (non-hydrogen) atoms. The van der Waals surface area contributed by atoms with E-state index in [-0.39, 0.29) is 33.3 Å². The molecule has 0 bridgehead atoms. The number of benzene rings is 2. The minimum Gasteiger partial charge on any atom is -0.322 e. The van der Waals surface area contributed by atoms with Gasteiger partial charge in [-0.25, -0.2) is 21.2 Å². The fourth-order valence-electron chi connectivity index (χ4n) is 2.82.